The Morgan fingerprint density at radius 2 is 2.14 bits per heavy atom. The van der Waals surface area contributed by atoms with Crippen LogP contribution < -0.4 is 10.2 Å². The number of hydrogen-bond acceptors (Lipinski definition) is 6. The summed E-state index contributed by atoms with van der Waals surface area (Å²) in [5.74, 6) is 5.00. The summed E-state index contributed by atoms with van der Waals surface area (Å²) in [7, 11) is 1.42. The molecule has 3 rings (SSSR count). The molecule has 1 fully saturated rings. The number of hydrogen-bond donors (Lipinski definition) is 2. The molecule has 0 saturated carbocycles. The number of halogens is 3. The molecule has 1 amide bonds. The molecule has 2 aromatic rings. The van der Waals surface area contributed by atoms with Crippen LogP contribution in [0.25, 0.3) is 10.2 Å². The van der Waals surface area contributed by atoms with E-state index in [2.05, 4.69) is 22.1 Å². The second-order valence-electron chi connectivity index (χ2n) is 7.13. The number of carbonyl (C=O) groups excluding carboxylic acids is 1. The van der Waals surface area contributed by atoms with Gasteiger partial charge in [0.05, 0.1) is 27.4 Å². The number of nitrogens with one attached hydrogen (secondary N) is 1. The van der Waals surface area contributed by atoms with E-state index in [0.717, 1.165) is 17.4 Å². The topological polar surface area (TPSA) is 74.7 Å². The Kier molecular flexibility index (Phi) is 5.76. The summed E-state index contributed by atoms with van der Waals surface area (Å²) in [6, 6.07) is 1.01. The maximum absolute atomic E-state index is 13.6. The third kappa shape index (κ3) is 4.80. The molecule has 156 valence electrons. The van der Waals surface area contributed by atoms with E-state index in [9.17, 15) is 23.1 Å². The van der Waals surface area contributed by atoms with Crippen molar-refractivity contribution >= 4 is 33.3 Å². The van der Waals surface area contributed by atoms with E-state index in [1.54, 1.807) is 18.7 Å². The fourth-order valence-electron chi connectivity index (χ4n) is 2.81. The molecule has 0 spiro atoms. The third-order valence-corrected chi connectivity index (χ3v) is 5.25. The molecular formula is C19H20F3N3O3S. The van der Waals surface area contributed by atoms with E-state index < -0.39 is 23.2 Å². The fourth-order valence-corrected chi connectivity index (χ4v) is 3.83. The number of carbonyl (C=O) groups is 1. The number of nitrogens with zero attached hydrogens (tertiary/aromatic N) is 2. The average Bonchev–Trinajstić information content (AvgIpc) is 3.00. The van der Waals surface area contributed by atoms with Crippen molar-refractivity contribution < 1.29 is 27.8 Å². The van der Waals surface area contributed by atoms with E-state index in [1.807, 2.05) is 0 Å². The maximum Gasteiger partial charge on any atom is 0.417 e. The summed E-state index contributed by atoms with van der Waals surface area (Å²) < 4.78 is 46.1. The predicted molar refractivity (Wildman–Crippen MR) is 104 cm³/mol. The predicted octanol–water partition coefficient (Wildman–Crippen LogP) is 2.65. The van der Waals surface area contributed by atoms with Gasteiger partial charge in [0, 0.05) is 25.5 Å². The number of aromatic nitrogens is 1. The third-order valence-electron chi connectivity index (χ3n) is 4.24. The lowest BCUT2D eigenvalue weighted by molar-refractivity contribution is -0.136. The lowest BCUT2D eigenvalue weighted by atomic mass is 10.1. The first-order valence-corrected chi connectivity index (χ1v) is 9.68. The standard InChI is InChI=1S/C19H20F3N3O3S/c1-18(2,27)5-4-6-28-11-8-25(9-11)14-7-13(19(20,21)22)16-15(24-14)12(10-29-16)17(26)23-3/h7,10-11,27H,6,8-9H2,1-3H3,(H,23,26). The number of anilines is 1. The Morgan fingerprint density at radius 1 is 1.45 bits per heavy atom. The highest BCUT2D eigenvalue weighted by atomic mass is 32.1. The minimum atomic E-state index is -4.56. The van der Waals surface area contributed by atoms with Gasteiger partial charge < -0.3 is 20.1 Å². The molecule has 1 aliphatic rings. The first-order chi connectivity index (χ1) is 13.5. The van der Waals surface area contributed by atoms with Crippen LogP contribution in [-0.4, -0.2) is 54.4 Å². The average molecular weight is 427 g/mol. The largest absolute Gasteiger partial charge is 0.417 e. The smallest absolute Gasteiger partial charge is 0.378 e. The summed E-state index contributed by atoms with van der Waals surface area (Å²) in [4.78, 5) is 18.0. The van der Waals surface area contributed by atoms with Crippen LogP contribution in [0.3, 0.4) is 0 Å². The molecule has 10 heteroatoms. The Labute approximate surface area is 169 Å². The summed E-state index contributed by atoms with van der Waals surface area (Å²) in [6.45, 7) is 3.96. The van der Waals surface area contributed by atoms with Gasteiger partial charge in [0.15, 0.2) is 0 Å². The van der Waals surface area contributed by atoms with Crippen molar-refractivity contribution in [1.29, 1.82) is 0 Å². The molecule has 2 N–H and O–H groups in total. The van der Waals surface area contributed by atoms with Crippen molar-refractivity contribution in [1.82, 2.24) is 10.3 Å². The number of ether oxygens (including phenoxy) is 1. The van der Waals surface area contributed by atoms with Crippen molar-refractivity contribution in [3.05, 3.63) is 22.6 Å². The molecule has 0 unspecified atom stereocenters. The molecule has 0 atom stereocenters. The van der Waals surface area contributed by atoms with E-state index in [0.29, 0.717) is 13.1 Å². The van der Waals surface area contributed by atoms with Crippen LogP contribution in [0.2, 0.25) is 0 Å². The quantitative estimate of drug-likeness (QED) is 0.734. The maximum atomic E-state index is 13.6. The SMILES string of the molecule is CNC(=O)c1csc2c(C(F)(F)F)cc(N3CC(OCC#CC(C)(C)O)C3)nc12. The number of aliphatic hydroxyl groups is 1. The van der Waals surface area contributed by atoms with Crippen molar-refractivity contribution in [2.45, 2.75) is 31.7 Å². The van der Waals surface area contributed by atoms with Crippen LogP contribution in [0.4, 0.5) is 19.0 Å². The zero-order chi connectivity index (χ0) is 21.4. The van der Waals surface area contributed by atoms with Crippen molar-refractivity contribution in [2.24, 2.45) is 0 Å². The Bertz CT molecular complexity index is 980. The molecule has 0 bridgehead atoms. The van der Waals surface area contributed by atoms with Crippen LogP contribution in [0, 0.1) is 11.8 Å². The molecule has 6 nitrogen and oxygen atoms in total. The van der Waals surface area contributed by atoms with Gasteiger partial charge in [0.25, 0.3) is 5.91 Å². The number of rotatable bonds is 4. The second-order valence-corrected chi connectivity index (χ2v) is 8.01. The molecule has 1 saturated heterocycles. The Morgan fingerprint density at radius 3 is 2.72 bits per heavy atom. The van der Waals surface area contributed by atoms with Crippen LogP contribution in [0.5, 0.6) is 0 Å². The highest BCUT2D eigenvalue weighted by molar-refractivity contribution is 7.17. The van der Waals surface area contributed by atoms with Crippen LogP contribution in [0.15, 0.2) is 11.4 Å². The number of fused-ring (bicyclic) bond motifs is 1. The summed E-state index contributed by atoms with van der Waals surface area (Å²) >= 11 is 0.851. The first-order valence-electron chi connectivity index (χ1n) is 8.80. The van der Waals surface area contributed by atoms with E-state index in [-0.39, 0.29) is 34.3 Å². The molecule has 0 aliphatic carbocycles. The van der Waals surface area contributed by atoms with Gasteiger partial charge in [0.2, 0.25) is 0 Å². The molecule has 0 aromatic carbocycles. The highest BCUT2D eigenvalue weighted by Gasteiger charge is 2.37. The normalized spacial score (nSPS) is 15.1. The highest BCUT2D eigenvalue weighted by Crippen LogP contribution is 2.40. The summed E-state index contributed by atoms with van der Waals surface area (Å²) in [5.41, 5.74) is -1.75. The van der Waals surface area contributed by atoms with Gasteiger partial charge in [-0.1, -0.05) is 11.8 Å². The number of alkyl halides is 3. The minimum Gasteiger partial charge on any atom is -0.378 e. The van der Waals surface area contributed by atoms with Crippen LogP contribution >= 0.6 is 11.3 Å². The Balaban J connectivity index is 1.80. The van der Waals surface area contributed by atoms with E-state index in [1.165, 1.54) is 12.4 Å². The van der Waals surface area contributed by atoms with Crippen LogP contribution in [0.1, 0.15) is 29.8 Å². The number of pyridine rings is 1. The van der Waals surface area contributed by atoms with Gasteiger partial charge in [-0.2, -0.15) is 13.2 Å². The summed E-state index contributed by atoms with van der Waals surface area (Å²) in [6.07, 6.45) is -4.76. The fraction of sp³-hybridized carbons (Fsp3) is 0.474. The molecule has 0 radical (unpaired) electrons. The van der Waals surface area contributed by atoms with Gasteiger partial charge in [-0.15, -0.1) is 11.3 Å². The number of amides is 1. The number of thiophene rings is 1. The molecule has 2 aromatic heterocycles. The van der Waals surface area contributed by atoms with Crippen molar-refractivity contribution in [3.8, 4) is 11.8 Å². The zero-order valence-corrected chi connectivity index (χ0v) is 16.9. The lowest BCUT2D eigenvalue weighted by Gasteiger charge is -2.39. The van der Waals surface area contributed by atoms with Crippen LogP contribution in [-0.2, 0) is 10.9 Å². The van der Waals surface area contributed by atoms with Crippen molar-refractivity contribution in [2.75, 3.05) is 31.6 Å². The van der Waals surface area contributed by atoms with Gasteiger partial charge in [0.1, 0.15) is 18.0 Å². The minimum absolute atomic E-state index is 0.0413. The molecule has 3 heterocycles. The van der Waals surface area contributed by atoms with Crippen molar-refractivity contribution in [3.63, 3.8) is 0 Å². The first kappa shape index (κ1) is 21.4. The van der Waals surface area contributed by atoms with E-state index >= 15 is 0 Å². The second kappa shape index (κ2) is 7.82. The zero-order valence-electron chi connectivity index (χ0n) is 16.1. The van der Waals surface area contributed by atoms with Gasteiger partial charge in [-0.05, 0) is 19.9 Å². The molecule has 1 aliphatic heterocycles. The van der Waals surface area contributed by atoms with Gasteiger partial charge in [-0.25, -0.2) is 4.98 Å². The molecular weight excluding hydrogens is 407 g/mol. The molecule has 29 heavy (non-hydrogen) atoms. The van der Waals surface area contributed by atoms with E-state index in [4.69, 9.17) is 4.74 Å². The Hall–Kier alpha value is -2.35. The van der Waals surface area contributed by atoms with Gasteiger partial charge >= 0.3 is 6.18 Å². The van der Waals surface area contributed by atoms with Gasteiger partial charge in [-0.3, -0.25) is 4.79 Å². The monoisotopic (exact) mass is 427 g/mol. The lowest BCUT2D eigenvalue weighted by Crippen LogP contribution is -2.52. The summed E-state index contributed by atoms with van der Waals surface area (Å²) in [5, 5.41) is 13.3.